The van der Waals surface area contributed by atoms with Gasteiger partial charge in [-0.15, -0.1) is 0 Å². The third-order valence-corrected chi connectivity index (χ3v) is 1.91. The molecule has 0 aromatic rings. The zero-order valence-electron chi connectivity index (χ0n) is 8.49. The van der Waals surface area contributed by atoms with Gasteiger partial charge < -0.3 is 15.7 Å². The predicted octanol–water partition coefficient (Wildman–Crippen LogP) is -0.0454. The highest BCUT2D eigenvalue weighted by atomic mass is 16.3. The molecule has 78 valence electrons. The molecule has 0 bridgehead atoms. The summed E-state index contributed by atoms with van der Waals surface area (Å²) in [7, 11) is 1.70. The van der Waals surface area contributed by atoms with Crippen molar-refractivity contribution >= 4 is 5.91 Å². The van der Waals surface area contributed by atoms with Crippen molar-refractivity contribution in [3.8, 4) is 0 Å². The molecule has 4 heteroatoms. The van der Waals surface area contributed by atoms with Gasteiger partial charge in [0, 0.05) is 26.1 Å². The molecule has 0 aliphatic carbocycles. The molecule has 1 atom stereocenters. The Morgan fingerprint density at radius 3 is 2.69 bits per heavy atom. The fourth-order valence-corrected chi connectivity index (χ4v) is 1.04. The first-order valence-corrected chi connectivity index (χ1v) is 4.68. The Morgan fingerprint density at radius 2 is 2.23 bits per heavy atom. The van der Waals surface area contributed by atoms with E-state index >= 15 is 0 Å². The fraction of sp³-hybridized carbons (Fsp3) is 0.889. The highest BCUT2D eigenvalue weighted by molar-refractivity contribution is 5.75. The van der Waals surface area contributed by atoms with Gasteiger partial charge in [-0.25, -0.2) is 0 Å². The number of likely N-dealkylation sites (N-methyl/N-ethyl adjacent to an activating group) is 1. The Hall–Kier alpha value is -0.610. The molecule has 0 aromatic carbocycles. The minimum Gasteiger partial charge on any atom is -0.395 e. The van der Waals surface area contributed by atoms with Crippen molar-refractivity contribution in [1.29, 1.82) is 0 Å². The van der Waals surface area contributed by atoms with E-state index in [-0.39, 0.29) is 18.6 Å². The average molecular weight is 188 g/mol. The SMILES string of the molecule is CC(N)CCCC(=O)N(C)CCO. The molecule has 4 nitrogen and oxygen atoms in total. The first kappa shape index (κ1) is 12.4. The van der Waals surface area contributed by atoms with E-state index in [4.69, 9.17) is 10.8 Å². The lowest BCUT2D eigenvalue weighted by molar-refractivity contribution is -0.130. The average Bonchev–Trinajstić information content (AvgIpc) is 2.04. The maximum Gasteiger partial charge on any atom is 0.222 e. The molecule has 0 fully saturated rings. The van der Waals surface area contributed by atoms with Crippen LogP contribution in [0.15, 0.2) is 0 Å². The maximum atomic E-state index is 11.3. The van der Waals surface area contributed by atoms with E-state index in [0.717, 1.165) is 12.8 Å². The number of rotatable bonds is 6. The summed E-state index contributed by atoms with van der Waals surface area (Å²) in [5.41, 5.74) is 5.55. The first-order valence-electron chi connectivity index (χ1n) is 4.68. The van der Waals surface area contributed by atoms with Gasteiger partial charge in [0.25, 0.3) is 0 Å². The van der Waals surface area contributed by atoms with Crippen LogP contribution in [0.3, 0.4) is 0 Å². The second kappa shape index (κ2) is 6.86. The second-order valence-corrected chi connectivity index (χ2v) is 3.41. The topological polar surface area (TPSA) is 66.6 Å². The van der Waals surface area contributed by atoms with Crippen LogP contribution in [0.1, 0.15) is 26.2 Å². The van der Waals surface area contributed by atoms with E-state index in [1.54, 1.807) is 11.9 Å². The van der Waals surface area contributed by atoms with Gasteiger partial charge in [-0.05, 0) is 19.8 Å². The van der Waals surface area contributed by atoms with E-state index in [0.29, 0.717) is 13.0 Å². The molecule has 0 spiro atoms. The molecule has 3 N–H and O–H groups in total. The van der Waals surface area contributed by atoms with Crippen LogP contribution >= 0.6 is 0 Å². The molecule has 1 unspecified atom stereocenters. The maximum absolute atomic E-state index is 11.3. The molecule has 0 heterocycles. The van der Waals surface area contributed by atoms with Gasteiger partial charge in [0.2, 0.25) is 5.91 Å². The number of aliphatic hydroxyl groups excluding tert-OH is 1. The molecule has 0 saturated carbocycles. The Labute approximate surface area is 79.7 Å². The normalized spacial score (nSPS) is 12.6. The van der Waals surface area contributed by atoms with Gasteiger partial charge in [-0.3, -0.25) is 4.79 Å². The summed E-state index contributed by atoms with van der Waals surface area (Å²) < 4.78 is 0. The van der Waals surface area contributed by atoms with Crippen molar-refractivity contribution in [3.63, 3.8) is 0 Å². The Balaban J connectivity index is 3.50. The van der Waals surface area contributed by atoms with E-state index in [1.807, 2.05) is 6.92 Å². The Morgan fingerprint density at radius 1 is 1.62 bits per heavy atom. The summed E-state index contributed by atoms with van der Waals surface area (Å²) in [5, 5.41) is 8.59. The van der Waals surface area contributed by atoms with Crippen LogP contribution in [0, 0.1) is 0 Å². The molecular weight excluding hydrogens is 168 g/mol. The summed E-state index contributed by atoms with van der Waals surface area (Å²) in [4.78, 5) is 12.8. The summed E-state index contributed by atoms with van der Waals surface area (Å²) >= 11 is 0. The molecule has 13 heavy (non-hydrogen) atoms. The van der Waals surface area contributed by atoms with Crippen molar-refractivity contribution in [3.05, 3.63) is 0 Å². The van der Waals surface area contributed by atoms with Gasteiger partial charge in [-0.1, -0.05) is 0 Å². The zero-order chi connectivity index (χ0) is 10.3. The van der Waals surface area contributed by atoms with Crippen molar-refractivity contribution < 1.29 is 9.90 Å². The van der Waals surface area contributed by atoms with E-state index in [9.17, 15) is 4.79 Å². The second-order valence-electron chi connectivity index (χ2n) is 3.41. The van der Waals surface area contributed by atoms with Crippen molar-refractivity contribution in [2.75, 3.05) is 20.2 Å². The molecule has 0 radical (unpaired) electrons. The summed E-state index contributed by atoms with van der Waals surface area (Å²) in [6, 6.07) is 0.163. The smallest absolute Gasteiger partial charge is 0.222 e. The Bertz CT molecular complexity index is 149. The highest BCUT2D eigenvalue weighted by Gasteiger charge is 2.07. The number of nitrogens with two attached hydrogens (primary N) is 1. The van der Waals surface area contributed by atoms with Crippen LogP contribution in [0.2, 0.25) is 0 Å². The van der Waals surface area contributed by atoms with Crippen LogP contribution in [-0.4, -0.2) is 42.2 Å². The monoisotopic (exact) mass is 188 g/mol. The van der Waals surface area contributed by atoms with Gasteiger partial charge >= 0.3 is 0 Å². The molecule has 0 aliphatic rings. The third kappa shape index (κ3) is 6.54. The number of carbonyl (C=O) groups is 1. The number of hydrogen-bond donors (Lipinski definition) is 2. The largest absolute Gasteiger partial charge is 0.395 e. The molecule has 0 rings (SSSR count). The number of carbonyl (C=O) groups excluding carboxylic acids is 1. The summed E-state index contributed by atoms with van der Waals surface area (Å²) in [5.74, 6) is 0.0784. The molecule has 0 aliphatic heterocycles. The lowest BCUT2D eigenvalue weighted by Crippen LogP contribution is -2.29. The lowest BCUT2D eigenvalue weighted by Gasteiger charge is -2.15. The van der Waals surface area contributed by atoms with E-state index < -0.39 is 0 Å². The van der Waals surface area contributed by atoms with Crippen LogP contribution in [0.25, 0.3) is 0 Å². The van der Waals surface area contributed by atoms with E-state index in [1.165, 1.54) is 0 Å². The number of amides is 1. The third-order valence-electron chi connectivity index (χ3n) is 1.91. The Kier molecular flexibility index (Phi) is 6.54. The lowest BCUT2D eigenvalue weighted by atomic mass is 10.1. The molecule has 0 aromatic heterocycles. The minimum atomic E-state index is 0.0233. The predicted molar refractivity (Wildman–Crippen MR) is 52.2 cm³/mol. The van der Waals surface area contributed by atoms with Gasteiger partial charge in [-0.2, -0.15) is 0 Å². The van der Waals surface area contributed by atoms with E-state index in [2.05, 4.69) is 0 Å². The van der Waals surface area contributed by atoms with Gasteiger partial charge in [0.15, 0.2) is 0 Å². The van der Waals surface area contributed by atoms with Crippen LogP contribution in [0.4, 0.5) is 0 Å². The number of hydrogen-bond acceptors (Lipinski definition) is 3. The highest BCUT2D eigenvalue weighted by Crippen LogP contribution is 2.01. The van der Waals surface area contributed by atoms with Crippen LogP contribution < -0.4 is 5.73 Å². The summed E-state index contributed by atoms with van der Waals surface area (Å²) in [6.45, 7) is 2.37. The van der Waals surface area contributed by atoms with Crippen LogP contribution in [-0.2, 0) is 4.79 Å². The molecular formula is C9H20N2O2. The van der Waals surface area contributed by atoms with Crippen molar-refractivity contribution in [1.82, 2.24) is 4.90 Å². The fourth-order valence-electron chi connectivity index (χ4n) is 1.04. The minimum absolute atomic E-state index is 0.0233. The van der Waals surface area contributed by atoms with Crippen molar-refractivity contribution in [2.45, 2.75) is 32.2 Å². The van der Waals surface area contributed by atoms with Gasteiger partial charge in [0.05, 0.1) is 6.61 Å². The first-order chi connectivity index (χ1) is 6.07. The quantitative estimate of drug-likeness (QED) is 0.614. The molecule has 1 amide bonds. The summed E-state index contributed by atoms with van der Waals surface area (Å²) in [6.07, 6.45) is 2.23. The number of nitrogens with zero attached hydrogens (tertiary/aromatic N) is 1. The van der Waals surface area contributed by atoms with Crippen molar-refractivity contribution in [2.24, 2.45) is 5.73 Å². The molecule has 0 saturated heterocycles. The van der Waals surface area contributed by atoms with Crippen LogP contribution in [0.5, 0.6) is 0 Å². The standard InChI is InChI=1S/C9H20N2O2/c1-8(10)4-3-5-9(13)11(2)6-7-12/h8,12H,3-7,10H2,1-2H3. The zero-order valence-corrected chi connectivity index (χ0v) is 8.49. The van der Waals surface area contributed by atoms with Gasteiger partial charge in [0.1, 0.15) is 0 Å². The number of aliphatic hydroxyl groups is 1.